The second-order valence-corrected chi connectivity index (χ2v) is 3.96. The van der Waals surface area contributed by atoms with Crippen molar-refractivity contribution in [1.29, 1.82) is 5.26 Å². The predicted molar refractivity (Wildman–Crippen MR) is 59.1 cm³/mol. The van der Waals surface area contributed by atoms with Crippen LogP contribution in [0, 0.1) is 14.9 Å². The van der Waals surface area contributed by atoms with Crippen LogP contribution in [0.5, 0.6) is 0 Å². The van der Waals surface area contributed by atoms with Gasteiger partial charge < -0.3 is 5.73 Å². The van der Waals surface area contributed by atoms with Crippen molar-refractivity contribution in [1.82, 2.24) is 4.98 Å². The van der Waals surface area contributed by atoms with E-state index in [-0.39, 0.29) is 18.7 Å². The Labute approximate surface area is 99.4 Å². The lowest BCUT2D eigenvalue weighted by atomic mass is 10.1. The Morgan fingerprint density at radius 2 is 2.27 bits per heavy atom. The van der Waals surface area contributed by atoms with Crippen LogP contribution in [0.25, 0.3) is 0 Å². The minimum Gasteiger partial charge on any atom is -0.325 e. The van der Waals surface area contributed by atoms with Crippen LogP contribution in [0.3, 0.4) is 0 Å². The van der Waals surface area contributed by atoms with Gasteiger partial charge in [0.25, 0.3) is 6.43 Å². The first-order valence-corrected chi connectivity index (χ1v) is 5.21. The lowest BCUT2D eigenvalue weighted by molar-refractivity contribution is 0.144. The first kappa shape index (κ1) is 12.3. The summed E-state index contributed by atoms with van der Waals surface area (Å²) < 4.78 is 25.3. The molecule has 0 aromatic carbocycles. The molecule has 1 aromatic rings. The molecule has 1 rings (SSSR count). The number of nitrogens with zero attached hydrogens (tertiary/aromatic N) is 2. The number of hydrogen-bond acceptors (Lipinski definition) is 3. The number of nitriles is 1. The third-order valence-electron chi connectivity index (χ3n) is 1.84. The van der Waals surface area contributed by atoms with Crippen LogP contribution in [0.2, 0.25) is 0 Å². The van der Waals surface area contributed by atoms with Crippen LogP contribution >= 0.6 is 22.6 Å². The summed E-state index contributed by atoms with van der Waals surface area (Å²) in [5.74, 6) is 0. The number of pyridine rings is 1. The highest BCUT2D eigenvalue weighted by atomic mass is 127. The molecular weight excluding hydrogens is 315 g/mol. The maximum Gasteiger partial charge on any atom is 0.281 e. The molecule has 6 heteroatoms. The maximum absolute atomic E-state index is 12.5. The molecule has 0 saturated carbocycles. The van der Waals surface area contributed by atoms with E-state index < -0.39 is 6.43 Å². The summed E-state index contributed by atoms with van der Waals surface area (Å²) >= 11 is 1.78. The van der Waals surface area contributed by atoms with E-state index in [0.29, 0.717) is 14.8 Å². The molecule has 3 nitrogen and oxygen atoms in total. The van der Waals surface area contributed by atoms with Crippen molar-refractivity contribution in [3.63, 3.8) is 0 Å². The van der Waals surface area contributed by atoms with Crippen molar-refractivity contribution in [3.8, 4) is 6.07 Å². The molecule has 1 heterocycles. The molecule has 80 valence electrons. The fraction of sp³-hybridized carbons (Fsp3) is 0.333. The molecule has 2 N–H and O–H groups in total. The van der Waals surface area contributed by atoms with E-state index >= 15 is 0 Å². The average molecular weight is 323 g/mol. The fourth-order valence-electron chi connectivity index (χ4n) is 1.15. The molecule has 0 aliphatic heterocycles. The van der Waals surface area contributed by atoms with E-state index in [9.17, 15) is 8.78 Å². The highest BCUT2D eigenvalue weighted by molar-refractivity contribution is 14.1. The van der Waals surface area contributed by atoms with Crippen molar-refractivity contribution < 1.29 is 8.78 Å². The molecule has 0 aliphatic rings. The highest BCUT2D eigenvalue weighted by Gasteiger charge is 2.16. The molecular formula is C9H8F2IN3. The van der Waals surface area contributed by atoms with Gasteiger partial charge in [0.2, 0.25) is 0 Å². The van der Waals surface area contributed by atoms with Crippen LogP contribution in [-0.4, -0.2) is 4.98 Å². The van der Waals surface area contributed by atoms with Gasteiger partial charge in [-0.25, -0.2) is 13.8 Å². The van der Waals surface area contributed by atoms with Gasteiger partial charge in [0.05, 0.1) is 18.2 Å². The van der Waals surface area contributed by atoms with Gasteiger partial charge in [0.1, 0.15) is 5.69 Å². The molecule has 0 bridgehead atoms. The first-order chi connectivity index (χ1) is 7.10. The van der Waals surface area contributed by atoms with Gasteiger partial charge in [0.15, 0.2) is 0 Å². The third kappa shape index (κ3) is 2.82. The number of alkyl halides is 2. The second kappa shape index (κ2) is 5.32. The molecule has 0 amide bonds. The quantitative estimate of drug-likeness (QED) is 0.867. The molecule has 1 aromatic heterocycles. The van der Waals surface area contributed by atoms with Gasteiger partial charge >= 0.3 is 0 Å². The summed E-state index contributed by atoms with van der Waals surface area (Å²) in [5, 5.41) is 8.54. The predicted octanol–water partition coefficient (Wildman–Crippen LogP) is 2.15. The summed E-state index contributed by atoms with van der Waals surface area (Å²) in [4.78, 5) is 3.78. The third-order valence-corrected chi connectivity index (χ3v) is 2.71. The maximum atomic E-state index is 12.5. The van der Waals surface area contributed by atoms with E-state index in [2.05, 4.69) is 4.98 Å². The van der Waals surface area contributed by atoms with E-state index in [1.165, 1.54) is 0 Å². The zero-order chi connectivity index (χ0) is 11.4. The Morgan fingerprint density at radius 3 is 2.73 bits per heavy atom. The Morgan fingerprint density at radius 1 is 1.60 bits per heavy atom. The molecule has 0 saturated heterocycles. The van der Waals surface area contributed by atoms with Crippen LogP contribution in [-0.2, 0) is 13.0 Å². The first-order valence-electron chi connectivity index (χ1n) is 4.13. The number of aromatic nitrogens is 1. The molecule has 0 radical (unpaired) electrons. The average Bonchev–Trinajstić information content (AvgIpc) is 2.18. The fourth-order valence-corrected chi connectivity index (χ4v) is 1.88. The Balaban J connectivity index is 3.24. The lowest BCUT2D eigenvalue weighted by Gasteiger charge is -2.08. The van der Waals surface area contributed by atoms with Crippen LogP contribution < -0.4 is 5.73 Å². The van der Waals surface area contributed by atoms with Crippen molar-refractivity contribution in [2.75, 3.05) is 0 Å². The summed E-state index contributed by atoms with van der Waals surface area (Å²) in [7, 11) is 0. The minimum absolute atomic E-state index is 0.0631. The molecule has 0 aliphatic carbocycles. The molecule has 0 spiro atoms. The standard InChI is InChI=1S/C9H8F2IN3/c10-9(11)8-6(12)3-5(1-2-13)7(4-14)15-8/h3,9H,1,4,14H2. The topological polar surface area (TPSA) is 62.7 Å². The summed E-state index contributed by atoms with van der Waals surface area (Å²) in [6, 6.07) is 3.49. The van der Waals surface area contributed by atoms with Crippen LogP contribution in [0.15, 0.2) is 6.07 Å². The molecule has 0 fully saturated rings. The van der Waals surface area contributed by atoms with Gasteiger partial charge in [-0.3, -0.25) is 0 Å². The SMILES string of the molecule is N#CCc1cc(I)c(C(F)F)nc1CN. The monoisotopic (exact) mass is 323 g/mol. The van der Waals surface area contributed by atoms with Gasteiger partial charge in [-0.1, -0.05) is 0 Å². The number of nitrogens with two attached hydrogens (primary N) is 1. The Bertz CT molecular complexity index is 401. The molecule has 0 atom stereocenters. The molecule has 15 heavy (non-hydrogen) atoms. The smallest absolute Gasteiger partial charge is 0.281 e. The number of halogens is 3. The summed E-state index contributed by atoms with van der Waals surface area (Å²) in [6.07, 6.45) is -2.47. The van der Waals surface area contributed by atoms with Gasteiger partial charge in [-0.05, 0) is 34.2 Å². The normalized spacial score (nSPS) is 10.4. The van der Waals surface area contributed by atoms with Crippen molar-refractivity contribution in [2.24, 2.45) is 5.73 Å². The Hall–Kier alpha value is -0.810. The van der Waals surface area contributed by atoms with Crippen molar-refractivity contribution in [2.45, 2.75) is 19.4 Å². The molecule has 0 unspecified atom stereocenters. The van der Waals surface area contributed by atoms with Gasteiger partial charge in [-0.2, -0.15) is 5.26 Å². The Kier molecular flexibility index (Phi) is 4.35. The van der Waals surface area contributed by atoms with Gasteiger partial charge in [-0.15, -0.1) is 0 Å². The van der Waals surface area contributed by atoms with Crippen molar-refractivity contribution >= 4 is 22.6 Å². The van der Waals surface area contributed by atoms with Crippen molar-refractivity contribution in [3.05, 3.63) is 26.6 Å². The highest BCUT2D eigenvalue weighted by Crippen LogP contribution is 2.24. The zero-order valence-electron chi connectivity index (χ0n) is 7.67. The van der Waals surface area contributed by atoms with E-state index in [1.54, 1.807) is 28.7 Å². The summed E-state index contributed by atoms with van der Waals surface area (Å²) in [5.41, 5.74) is 6.10. The lowest BCUT2D eigenvalue weighted by Crippen LogP contribution is -2.08. The van der Waals surface area contributed by atoms with Crippen LogP contribution in [0.4, 0.5) is 8.78 Å². The number of rotatable bonds is 3. The van der Waals surface area contributed by atoms with E-state index in [0.717, 1.165) is 0 Å². The summed E-state index contributed by atoms with van der Waals surface area (Å²) in [6.45, 7) is 0.0631. The minimum atomic E-state index is -2.61. The van der Waals surface area contributed by atoms with E-state index in [4.69, 9.17) is 11.0 Å². The second-order valence-electron chi connectivity index (χ2n) is 2.80. The largest absolute Gasteiger partial charge is 0.325 e. The van der Waals surface area contributed by atoms with Gasteiger partial charge in [0, 0.05) is 10.1 Å². The van der Waals surface area contributed by atoms with E-state index in [1.807, 2.05) is 6.07 Å². The number of hydrogen-bond donors (Lipinski definition) is 1. The zero-order valence-corrected chi connectivity index (χ0v) is 9.83. The van der Waals surface area contributed by atoms with Crippen LogP contribution in [0.1, 0.15) is 23.4 Å².